The van der Waals surface area contributed by atoms with E-state index in [0.717, 1.165) is 0 Å². The topological polar surface area (TPSA) is 85.2 Å². The number of hydrogen-bond acceptors (Lipinski definition) is 6. The van der Waals surface area contributed by atoms with Crippen LogP contribution < -0.4 is 0 Å². The summed E-state index contributed by atoms with van der Waals surface area (Å²) in [5, 5.41) is 14.6. The van der Waals surface area contributed by atoms with Gasteiger partial charge in [-0.3, -0.25) is 9.59 Å². The highest BCUT2D eigenvalue weighted by molar-refractivity contribution is 6.23. The molecule has 0 bridgehead atoms. The molecule has 1 aliphatic carbocycles. The molecular weight excluding hydrogens is 298 g/mol. The number of oxime groups is 1. The Balaban J connectivity index is 3.40. The first-order valence-corrected chi connectivity index (χ1v) is 7.64. The highest BCUT2D eigenvalue weighted by Gasteiger charge is 2.47. The quantitative estimate of drug-likeness (QED) is 0.337. The Morgan fingerprint density at radius 3 is 2.65 bits per heavy atom. The van der Waals surface area contributed by atoms with Crippen LogP contribution in [0.1, 0.15) is 40.0 Å². The molecule has 0 aliphatic heterocycles. The summed E-state index contributed by atoms with van der Waals surface area (Å²) >= 11 is 0. The minimum atomic E-state index is -0.901. The molecule has 0 radical (unpaired) electrons. The van der Waals surface area contributed by atoms with E-state index in [4.69, 9.17) is 9.57 Å². The number of rotatable bonds is 7. The van der Waals surface area contributed by atoms with E-state index in [2.05, 4.69) is 11.7 Å². The van der Waals surface area contributed by atoms with Gasteiger partial charge in [-0.1, -0.05) is 38.6 Å². The predicted octanol–water partition coefficient (Wildman–Crippen LogP) is 2.95. The zero-order chi connectivity index (χ0) is 17.6. The maximum atomic E-state index is 12.4. The molecule has 1 N–H and O–H groups in total. The fraction of sp³-hybridized carbons (Fsp3) is 0.588. The lowest BCUT2D eigenvalue weighted by Gasteiger charge is -2.37. The van der Waals surface area contributed by atoms with Crippen LogP contribution in [0.5, 0.6) is 0 Å². The lowest BCUT2D eigenvalue weighted by atomic mass is 9.67. The zero-order valence-corrected chi connectivity index (χ0v) is 14.2. The van der Waals surface area contributed by atoms with Gasteiger partial charge in [0.05, 0.1) is 18.4 Å². The summed E-state index contributed by atoms with van der Waals surface area (Å²) in [4.78, 5) is 29.6. The van der Waals surface area contributed by atoms with Gasteiger partial charge in [-0.05, 0) is 11.8 Å². The van der Waals surface area contributed by atoms with Gasteiger partial charge in [0, 0.05) is 12.8 Å². The number of esters is 1. The average molecular weight is 323 g/mol. The number of allylic oxidation sites excluding steroid dienone is 1. The Kier molecular flexibility index (Phi) is 6.54. The summed E-state index contributed by atoms with van der Waals surface area (Å²) in [7, 11) is 1.26. The second-order valence-corrected chi connectivity index (χ2v) is 6.18. The van der Waals surface area contributed by atoms with Crippen LogP contribution in [-0.4, -0.2) is 36.3 Å². The Hall–Kier alpha value is -2.11. The first kappa shape index (κ1) is 18.9. The molecule has 1 rings (SSSR count). The SMILES string of the molecule is C=CCO/N=C1\CC(C)(C)[C@@H](C(=O)OC)C(O)=C1C(=O)CCC. The van der Waals surface area contributed by atoms with E-state index >= 15 is 0 Å². The van der Waals surface area contributed by atoms with Crippen LogP contribution in [0.2, 0.25) is 0 Å². The molecule has 0 aromatic heterocycles. The van der Waals surface area contributed by atoms with Crippen LogP contribution in [-0.2, 0) is 19.2 Å². The van der Waals surface area contributed by atoms with Crippen molar-refractivity contribution in [3.63, 3.8) is 0 Å². The number of hydrogen-bond donors (Lipinski definition) is 1. The number of aliphatic hydroxyl groups excluding tert-OH is 1. The van der Waals surface area contributed by atoms with Crippen LogP contribution in [0.15, 0.2) is 29.1 Å². The maximum absolute atomic E-state index is 12.4. The fourth-order valence-corrected chi connectivity index (χ4v) is 2.73. The third-order valence-corrected chi connectivity index (χ3v) is 3.78. The van der Waals surface area contributed by atoms with Gasteiger partial charge in [0.1, 0.15) is 18.3 Å². The van der Waals surface area contributed by atoms with Crippen LogP contribution in [0.3, 0.4) is 0 Å². The van der Waals surface area contributed by atoms with Crippen molar-refractivity contribution in [1.82, 2.24) is 0 Å². The largest absolute Gasteiger partial charge is 0.511 e. The van der Waals surface area contributed by atoms with Crippen molar-refractivity contribution in [3.05, 3.63) is 24.0 Å². The van der Waals surface area contributed by atoms with Crippen molar-refractivity contribution >= 4 is 17.5 Å². The maximum Gasteiger partial charge on any atom is 0.316 e. The molecule has 0 heterocycles. The van der Waals surface area contributed by atoms with Gasteiger partial charge in [-0.2, -0.15) is 0 Å². The highest BCUT2D eigenvalue weighted by Crippen LogP contribution is 2.43. The number of carbonyl (C=O) groups excluding carboxylic acids is 2. The molecular formula is C17H25NO5. The Morgan fingerprint density at radius 1 is 1.48 bits per heavy atom. The number of ether oxygens (including phenoxy) is 1. The zero-order valence-electron chi connectivity index (χ0n) is 14.2. The van der Waals surface area contributed by atoms with Crippen molar-refractivity contribution < 1.29 is 24.3 Å². The molecule has 128 valence electrons. The molecule has 0 spiro atoms. The van der Waals surface area contributed by atoms with Crippen molar-refractivity contribution in [3.8, 4) is 0 Å². The van der Waals surface area contributed by atoms with Crippen molar-refractivity contribution in [2.75, 3.05) is 13.7 Å². The minimum Gasteiger partial charge on any atom is -0.511 e. The van der Waals surface area contributed by atoms with Crippen molar-refractivity contribution in [1.29, 1.82) is 0 Å². The third-order valence-electron chi connectivity index (χ3n) is 3.78. The molecule has 0 aromatic carbocycles. The van der Waals surface area contributed by atoms with Gasteiger partial charge in [-0.15, -0.1) is 0 Å². The molecule has 0 aromatic rings. The standard InChI is InChI=1S/C17H25NO5/c1-6-8-12(19)13-11(18-23-9-7-2)10-17(3,4)14(15(13)20)16(21)22-5/h7,14,20H,2,6,8-10H2,1,3-5H3/b18-11+/t14-/m1/s1. The number of nitrogens with zero attached hydrogens (tertiary/aromatic N) is 1. The van der Waals surface area contributed by atoms with E-state index in [0.29, 0.717) is 18.6 Å². The molecule has 0 saturated carbocycles. The summed E-state index contributed by atoms with van der Waals surface area (Å²) in [5.74, 6) is -2.01. The summed E-state index contributed by atoms with van der Waals surface area (Å²) in [6, 6.07) is 0. The number of methoxy groups -OCH3 is 1. The van der Waals surface area contributed by atoms with Crippen molar-refractivity contribution in [2.45, 2.75) is 40.0 Å². The minimum absolute atomic E-state index is 0.0747. The predicted molar refractivity (Wildman–Crippen MR) is 87.1 cm³/mol. The first-order valence-electron chi connectivity index (χ1n) is 7.64. The molecule has 0 unspecified atom stereocenters. The van der Waals surface area contributed by atoms with E-state index in [1.54, 1.807) is 0 Å². The molecule has 6 heteroatoms. The van der Waals surface area contributed by atoms with Gasteiger partial charge in [0.25, 0.3) is 0 Å². The summed E-state index contributed by atoms with van der Waals surface area (Å²) < 4.78 is 4.79. The monoisotopic (exact) mass is 323 g/mol. The van der Waals surface area contributed by atoms with E-state index in [1.165, 1.54) is 13.2 Å². The van der Waals surface area contributed by atoms with Gasteiger partial charge >= 0.3 is 5.97 Å². The Bertz CT molecular complexity index is 545. The first-order chi connectivity index (χ1) is 10.8. The van der Waals surface area contributed by atoms with Gasteiger partial charge < -0.3 is 14.7 Å². The normalized spacial score (nSPS) is 21.9. The number of aliphatic hydroxyl groups is 1. The van der Waals surface area contributed by atoms with E-state index < -0.39 is 17.3 Å². The Morgan fingerprint density at radius 2 is 2.13 bits per heavy atom. The molecule has 6 nitrogen and oxygen atoms in total. The van der Waals surface area contributed by atoms with Gasteiger partial charge in [0.2, 0.25) is 0 Å². The van der Waals surface area contributed by atoms with Crippen LogP contribution >= 0.6 is 0 Å². The van der Waals surface area contributed by atoms with Crippen molar-refractivity contribution in [2.24, 2.45) is 16.5 Å². The lowest BCUT2D eigenvalue weighted by Crippen LogP contribution is -2.42. The second kappa shape index (κ2) is 7.94. The number of Topliss-reactive ketones (excluding diaryl/α,β-unsaturated/α-hetero) is 1. The highest BCUT2D eigenvalue weighted by atomic mass is 16.6. The molecule has 0 amide bonds. The van der Waals surface area contributed by atoms with Crippen LogP contribution in [0.4, 0.5) is 0 Å². The number of carbonyl (C=O) groups is 2. The summed E-state index contributed by atoms with van der Waals surface area (Å²) in [5.41, 5.74) is -0.220. The second-order valence-electron chi connectivity index (χ2n) is 6.18. The molecule has 1 aliphatic rings. The molecule has 0 saturated heterocycles. The van der Waals surface area contributed by atoms with E-state index in [1.807, 2.05) is 20.8 Å². The van der Waals surface area contributed by atoms with E-state index in [9.17, 15) is 14.7 Å². The Labute approximate surface area is 136 Å². The smallest absolute Gasteiger partial charge is 0.316 e. The van der Waals surface area contributed by atoms with E-state index in [-0.39, 0.29) is 30.1 Å². The van der Waals surface area contributed by atoms with Crippen LogP contribution in [0, 0.1) is 11.3 Å². The summed E-state index contributed by atoms with van der Waals surface area (Å²) in [6.45, 7) is 9.22. The lowest BCUT2D eigenvalue weighted by molar-refractivity contribution is -0.149. The summed E-state index contributed by atoms with van der Waals surface area (Å²) in [6.07, 6.45) is 2.74. The fourth-order valence-electron chi connectivity index (χ4n) is 2.73. The van der Waals surface area contributed by atoms with Gasteiger partial charge in [0.15, 0.2) is 5.78 Å². The molecule has 23 heavy (non-hydrogen) atoms. The molecule has 1 atom stereocenters. The third kappa shape index (κ3) is 4.21. The van der Waals surface area contributed by atoms with Gasteiger partial charge in [-0.25, -0.2) is 0 Å². The van der Waals surface area contributed by atoms with Crippen LogP contribution in [0.25, 0.3) is 0 Å². The average Bonchev–Trinajstić information content (AvgIpc) is 2.46. The number of ketones is 1. The molecule has 0 fully saturated rings.